The number of aryl methyl sites for hydroxylation is 1. The molecule has 0 fully saturated rings. The van der Waals surface area contributed by atoms with E-state index < -0.39 is 11.7 Å². The van der Waals surface area contributed by atoms with E-state index >= 15 is 0 Å². The molecule has 0 aliphatic heterocycles. The molecule has 0 unspecified atom stereocenters. The lowest BCUT2D eigenvalue weighted by Crippen LogP contribution is -2.32. The molecule has 0 saturated heterocycles. The Balaban J connectivity index is 2.56. The summed E-state index contributed by atoms with van der Waals surface area (Å²) in [6, 6.07) is 3.12. The molecule has 5 heteroatoms. The number of carbonyl (C=O) groups excluding carboxylic acids is 1. The van der Waals surface area contributed by atoms with E-state index in [9.17, 15) is 9.59 Å². The number of H-pyrrole nitrogens is 1. The molecule has 0 aliphatic carbocycles. The molecular weight excluding hydrogens is 220 g/mol. The summed E-state index contributed by atoms with van der Waals surface area (Å²) in [6.45, 7) is 7.53. The van der Waals surface area contributed by atoms with Gasteiger partial charge in [-0.3, -0.25) is 4.79 Å². The number of rotatable bonds is 2. The van der Waals surface area contributed by atoms with Crippen molar-refractivity contribution in [2.24, 2.45) is 0 Å². The third-order valence-corrected chi connectivity index (χ3v) is 2.05. The zero-order chi connectivity index (χ0) is 13.1. The first-order valence-corrected chi connectivity index (χ1v) is 5.43. The maximum atomic E-state index is 11.4. The molecule has 1 aromatic heterocycles. The van der Waals surface area contributed by atoms with Gasteiger partial charge in [0.25, 0.3) is 0 Å². The van der Waals surface area contributed by atoms with Crippen molar-refractivity contribution >= 4 is 6.09 Å². The van der Waals surface area contributed by atoms with Crippen molar-refractivity contribution in [3.63, 3.8) is 0 Å². The van der Waals surface area contributed by atoms with Gasteiger partial charge < -0.3 is 15.0 Å². The van der Waals surface area contributed by atoms with Crippen LogP contribution in [-0.2, 0) is 11.3 Å². The number of hydrogen-bond donors (Lipinski definition) is 2. The average Bonchev–Trinajstić information content (AvgIpc) is 2.13. The van der Waals surface area contributed by atoms with Gasteiger partial charge in [-0.05, 0) is 33.3 Å². The highest BCUT2D eigenvalue weighted by molar-refractivity contribution is 5.67. The molecular formula is C12H18N2O3. The molecule has 0 radical (unpaired) electrons. The maximum absolute atomic E-state index is 11.4. The van der Waals surface area contributed by atoms with Crippen molar-refractivity contribution in [1.29, 1.82) is 0 Å². The smallest absolute Gasteiger partial charge is 0.407 e. The largest absolute Gasteiger partial charge is 0.444 e. The van der Waals surface area contributed by atoms with Crippen molar-refractivity contribution in [3.05, 3.63) is 33.7 Å². The van der Waals surface area contributed by atoms with Gasteiger partial charge in [-0.2, -0.15) is 0 Å². The molecule has 0 spiro atoms. The van der Waals surface area contributed by atoms with Gasteiger partial charge in [0.2, 0.25) is 5.56 Å². The number of aromatic nitrogens is 1. The Hall–Kier alpha value is -1.78. The Labute approximate surface area is 100 Å². The molecule has 0 aliphatic rings. The van der Waals surface area contributed by atoms with E-state index in [0.29, 0.717) is 6.54 Å². The fourth-order valence-corrected chi connectivity index (χ4v) is 1.28. The van der Waals surface area contributed by atoms with Crippen molar-refractivity contribution in [1.82, 2.24) is 10.3 Å². The van der Waals surface area contributed by atoms with Crippen LogP contribution in [0.2, 0.25) is 0 Å². The zero-order valence-electron chi connectivity index (χ0n) is 10.6. The minimum Gasteiger partial charge on any atom is -0.444 e. The Kier molecular flexibility index (Phi) is 3.93. The Morgan fingerprint density at radius 1 is 1.41 bits per heavy atom. The highest BCUT2D eigenvalue weighted by atomic mass is 16.6. The second-order valence-electron chi connectivity index (χ2n) is 4.83. The normalized spacial score (nSPS) is 11.1. The van der Waals surface area contributed by atoms with E-state index in [1.807, 2.05) is 0 Å². The highest BCUT2D eigenvalue weighted by Crippen LogP contribution is 2.07. The van der Waals surface area contributed by atoms with E-state index in [0.717, 1.165) is 11.3 Å². The second-order valence-corrected chi connectivity index (χ2v) is 4.83. The first kappa shape index (κ1) is 13.3. The topological polar surface area (TPSA) is 71.2 Å². The summed E-state index contributed by atoms with van der Waals surface area (Å²) < 4.78 is 5.10. The first-order valence-electron chi connectivity index (χ1n) is 5.43. The first-order chi connectivity index (χ1) is 7.78. The van der Waals surface area contributed by atoms with Gasteiger partial charge in [-0.25, -0.2) is 4.79 Å². The molecule has 0 atom stereocenters. The van der Waals surface area contributed by atoms with Crippen LogP contribution in [0.25, 0.3) is 0 Å². The summed E-state index contributed by atoms with van der Waals surface area (Å²) in [5.74, 6) is 0. The summed E-state index contributed by atoms with van der Waals surface area (Å²) in [4.78, 5) is 25.1. The van der Waals surface area contributed by atoms with E-state index in [1.54, 1.807) is 33.8 Å². The van der Waals surface area contributed by atoms with Gasteiger partial charge in [-0.1, -0.05) is 6.07 Å². The minimum atomic E-state index is -0.510. The highest BCUT2D eigenvalue weighted by Gasteiger charge is 2.15. The minimum absolute atomic E-state index is 0.150. The monoisotopic (exact) mass is 238 g/mol. The lowest BCUT2D eigenvalue weighted by Gasteiger charge is -2.19. The molecule has 0 saturated carbocycles. The van der Waals surface area contributed by atoms with Crippen LogP contribution >= 0.6 is 0 Å². The van der Waals surface area contributed by atoms with Gasteiger partial charge in [0.1, 0.15) is 5.60 Å². The molecule has 2 N–H and O–H groups in total. The van der Waals surface area contributed by atoms with E-state index in [1.165, 1.54) is 6.07 Å². The number of nitrogens with one attached hydrogen (secondary N) is 2. The lowest BCUT2D eigenvalue weighted by atomic mass is 10.2. The quantitative estimate of drug-likeness (QED) is 0.823. The van der Waals surface area contributed by atoms with Gasteiger partial charge >= 0.3 is 6.09 Å². The van der Waals surface area contributed by atoms with Crippen LogP contribution in [0.3, 0.4) is 0 Å². The summed E-state index contributed by atoms with van der Waals surface area (Å²) in [5, 5.41) is 2.63. The standard InChI is InChI=1S/C12H18N2O3/c1-8-9(5-6-10(15)14-8)7-13-11(16)17-12(2,3)4/h5-6H,7H2,1-4H3,(H,13,16)(H,14,15). The van der Waals surface area contributed by atoms with Crippen LogP contribution in [0, 0.1) is 6.92 Å². The van der Waals surface area contributed by atoms with Gasteiger partial charge in [0, 0.05) is 18.3 Å². The van der Waals surface area contributed by atoms with Crippen LogP contribution in [-0.4, -0.2) is 16.7 Å². The molecule has 1 heterocycles. The van der Waals surface area contributed by atoms with Crippen molar-refractivity contribution < 1.29 is 9.53 Å². The molecule has 1 aromatic rings. The number of alkyl carbamates (subject to hydrolysis) is 1. The molecule has 5 nitrogen and oxygen atoms in total. The number of pyridine rings is 1. The fourth-order valence-electron chi connectivity index (χ4n) is 1.28. The summed E-state index contributed by atoms with van der Waals surface area (Å²) >= 11 is 0. The van der Waals surface area contributed by atoms with E-state index in [2.05, 4.69) is 10.3 Å². The average molecular weight is 238 g/mol. The number of hydrogen-bond acceptors (Lipinski definition) is 3. The predicted molar refractivity (Wildman–Crippen MR) is 64.9 cm³/mol. The van der Waals surface area contributed by atoms with Crippen molar-refractivity contribution in [2.45, 2.75) is 39.8 Å². The lowest BCUT2D eigenvalue weighted by molar-refractivity contribution is 0.0523. The van der Waals surface area contributed by atoms with E-state index in [4.69, 9.17) is 4.74 Å². The zero-order valence-corrected chi connectivity index (χ0v) is 10.6. The Morgan fingerprint density at radius 3 is 2.59 bits per heavy atom. The van der Waals surface area contributed by atoms with Crippen molar-refractivity contribution in [2.75, 3.05) is 0 Å². The molecule has 0 bridgehead atoms. The fraction of sp³-hybridized carbons (Fsp3) is 0.500. The van der Waals surface area contributed by atoms with Gasteiger partial charge in [-0.15, -0.1) is 0 Å². The SMILES string of the molecule is Cc1[nH]c(=O)ccc1CNC(=O)OC(C)(C)C. The Morgan fingerprint density at radius 2 is 2.06 bits per heavy atom. The molecule has 1 rings (SSSR count). The van der Waals surface area contributed by atoms with Gasteiger partial charge in [0.05, 0.1) is 0 Å². The van der Waals surface area contributed by atoms with Crippen LogP contribution in [0.15, 0.2) is 16.9 Å². The van der Waals surface area contributed by atoms with Crippen LogP contribution in [0.1, 0.15) is 32.0 Å². The molecule has 17 heavy (non-hydrogen) atoms. The summed E-state index contributed by atoms with van der Waals surface area (Å²) in [7, 11) is 0. The third kappa shape index (κ3) is 4.72. The number of ether oxygens (including phenoxy) is 1. The summed E-state index contributed by atoms with van der Waals surface area (Å²) in [5.41, 5.74) is 0.942. The van der Waals surface area contributed by atoms with Crippen molar-refractivity contribution in [3.8, 4) is 0 Å². The predicted octanol–water partition coefficient (Wildman–Crippen LogP) is 1.71. The molecule has 94 valence electrons. The second kappa shape index (κ2) is 5.03. The number of amides is 1. The van der Waals surface area contributed by atoms with Crippen LogP contribution in [0.4, 0.5) is 4.79 Å². The van der Waals surface area contributed by atoms with Crippen LogP contribution in [0.5, 0.6) is 0 Å². The molecule has 1 amide bonds. The van der Waals surface area contributed by atoms with Gasteiger partial charge in [0.15, 0.2) is 0 Å². The van der Waals surface area contributed by atoms with Crippen LogP contribution < -0.4 is 10.9 Å². The number of carbonyl (C=O) groups is 1. The number of aromatic amines is 1. The van der Waals surface area contributed by atoms with E-state index in [-0.39, 0.29) is 5.56 Å². The maximum Gasteiger partial charge on any atom is 0.407 e. The third-order valence-electron chi connectivity index (χ3n) is 2.05. The Bertz CT molecular complexity index is 458. The molecule has 0 aromatic carbocycles. The summed E-state index contributed by atoms with van der Waals surface area (Å²) in [6.07, 6.45) is -0.469.